The molecule has 2 aromatic rings. The Morgan fingerprint density at radius 2 is 1.12 bits per heavy atom. The fourth-order valence-electron chi connectivity index (χ4n) is 4.46. The topological polar surface area (TPSA) is 135 Å². The quantitative estimate of drug-likeness (QED) is 0.140. The van der Waals surface area contributed by atoms with Crippen molar-refractivity contribution in [2.24, 2.45) is 0 Å². The lowest BCUT2D eigenvalue weighted by molar-refractivity contribution is -0.539. The summed E-state index contributed by atoms with van der Waals surface area (Å²) in [6.45, 7) is 13.4. The Bertz CT molecular complexity index is 1570. The predicted molar refractivity (Wildman–Crippen MR) is 152 cm³/mol. The molecule has 10 nitrogen and oxygen atoms in total. The molecule has 210 valence electrons. The maximum Gasteiger partial charge on any atom is 0.363 e. The molecule has 2 heterocycles. The van der Waals surface area contributed by atoms with Crippen LogP contribution in [-0.4, -0.2) is 63.9 Å². The maximum absolute atomic E-state index is 13.0. The van der Waals surface area contributed by atoms with Crippen molar-refractivity contribution in [3.63, 3.8) is 0 Å². The second-order valence-electron chi connectivity index (χ2n) is 12.2. The molecule has 4 rings (SSSR count). The molecule has 0 saturated carbocycles. The van der Waals surface area contributed by atoms with Gasteiger partial charge in [0.15, 0.2) is 11.1 Å². The molecule has 2 aliphatic heterocycles. The van der Waals surface area contributed by atoms with Gasteiger partial charge >= 0.3 is 17.4 Å². The Hall–Kier alpha value is -4.60. The highest BCUT2D eigenvalue weighted by Crippen LogP contribution is 2.36. The lowest BCUT2D eigenvalue weighted by Crippen LogP contribution is -2.53. The van der Waals surface area contributed by atoms with E-state index in [1.807, 2.05) is 6.07 Å². The van der Waals surface area contributed by atoms with Crippen molar-refractivity contribution in [1.29, 1.82) is 0 Å². The van der Waals surface area contributed by atoms with Gasteiger partial charge in [-0.1, -0.05) is 40.2 Å². The van der Waals surface area contributed by atoms with Gasteiger partial charge in [0.05, 0.1) is 11.1 Å². The van der Waals surface area contributed by atoms with Crippen LogP contribution in [0.2, 0.25) is 0 Å². The fourth-order valence-corrected chi connectivity index (χ4v) is 4.46. The van der Waals surface area contributed by atoms with E-state index in [1.54, 1.807) is 97.9 Å². The number of hydroxylamine groups is 6. The lowest BCUT2D eigenvalue weighted by Gasteiger charge is -2.32. The van der Waals surface area contributed by atoms with Crippen LogP contribution in [0.1, 0.15) is 77.6 Å². The number of hydrogen-bond donors (Lipinski definition) is 0. The van der Waals surface area contributed by atoms with Crippen LogP contribution in [0.15, 0.2) is 48.5 Å². The first-order valence-electron chi connectivity index (χ1n) is 13.1. The monoisotopic (exact) mass is 552 g/mol. The van der Waals surface area contributed by atoms with Gasteiger partial charge in [-0.3, -0.25) is 0 Å². The first-order chi connectivity index (χ1) is 19.0. The van der Waals surface area contributed by atoms with E-state index in [0.717, 1.165) is 0 Å². The summed E-state index contributed by atoms with van der Waals surface area (Å²) in [5.74, 6) is 10.7. The molecule has 2 aromatic carbocycles. The van der Waals surface area contributed by atoms with Gasteiger partial charge in [0.2, 0.25) is 0 Å². The summed E-state index contributed by atoms with van der Waals surface area (Å²) >= 11 is 0. The normalized spacial score (nSPS) is 19.8. The van der Waals surface area contributed by atoms with Gasteiger partial charge in [0.1, 0.15) is 11.1 Å². The molecule has 0 saturated heterocycles. The molecule has 0 amide bonds. The second kappa shape index (κ2) is 9.79. The van der Waals surface area contributed by atoms with Crippen LogP contribution in [0.3, 0.4) is 0 Å². The van der Waals surface area contributed by atoms with Crippen molar-refractivity contribution < 1.29 is 24.7 Å². The number of benzene rings is 2. The highest BCUT2D eigenvalue weighted by atomic mass is 16.5. The minimum absolute atomic E-state index is 0.230. The van der Waals surface area contributed by atoms with Crippen molar-refractivity contribution in [2.45, 2.75) is 77.5 Å². The second-order valence-corrected chi connectivity index (χ2v) is 12.2. The van der Waals surface area contributed by atoms with E-state index in [-0.39, 0.29) is 17.4 Å². The molecule has 2 radical (unpaired) electrons. The van der Waals surface area contributed by atoms with E-state index in [0.29, 0.717) is 41.9 Å². The Labute approximate surface area is 240 Å². The summed E-state index contributed by atoms with van der Waals surface area (Å²) in [6.07, 6.45) is 0. The van der Waals surface area contributed by atoms with Crippen LogP contribution in [0.5, 0.6) is 0 Å². The van der Waals surface area contributed by atoms with E-state index in [1.165, 1.54) is 0 Å². The molecule has 41 heavy (non-hydrogen) atoms. The van der Waals surface area contributed by atoms with Gasteiger partial charge in [-0.2, -0.15) is 4.79 Å². The highest BCUT2D eigenvalue weighted by molar-refractivity contribution is 6.09. The Balaban J connectivity index is 1.87. The number of nitrogens with zero attached hydrogens (tertiary/aromatic N) is 6. The van der Waals surface area contributed by atoms with Crippen molar-refractivity contribution in [1.82, 2.24) is 10.1 Å². The molecule has 0 bridgehead atoms. The van der Waals surface area contributed by atoms with E-state index < -0.39 is 22.2 Å². The van der Waals surface area contributed by atoms with Gasteiger partial charge < -0.3 is 15.9 Å². The molecule has 10 heteroatoms. The fraction of sp³-hybridized carbons (Fsp3) is 0.387. The van der Waals surface area contributed by atoms with Crippen LogP contribution < -0.4 is 0 Å². The first kappa shape index (κ1) is 29.4. The van der Waals surface area contributed by atoms with Crippen LogP contribution in [0.25, 0.3) is 5.53 Å². The van der Waals surface area contributed by atoms with E-state index in [9.17, 15) is 26.4 Å². The van der Waals surface area contributed by atoms with Crippen LogP contribution in [0, 0.1) is 34.1 Å². The molecular weight excluding hydrogens is 520 g/mol. The van der Waals surface area contributed by atoms with E-state index >= 15 is 0 Å². The third-order valence-electron chi connectivity index (χ3n) is 8.79. The summed E-state index contributed by atoms with van der Waals surface area (Å²) in [4.78, 5) is 3.49. The lowest BCUT2D eigenvalue weighted by atomic mass is 9.84. The zero-order valence-corrected chi connectivity index (χ0v) is 24.4. The van der Waals surface area contributed by atoms with Crippen molar-refractivity contribution in [3.05, 3.63) is 86.7 Å². The van der Waals surface area contributed by atoms with Crippen LogP contribution in [0.4, 0.5) is 0 Å². The summed E-state index contributed by atoms with van der Waals surface area (Å²) in [5.41, 5.74) is 7.87. The maximum atomic E-state index is 13.0. The Kier molecular flexibility index (Phi) is 7.02. The third-order valence-corrected chi connectivity index (χ3v) is 8.79. The Morgan fingerprint density at radius 1 is 0.707 bits per heavy atom. The molecule has 0 fully saturated rings. The van der Waals surface area contributed by atoms with Crippen molar-refractivity contribution in [2.75, 3.05) is 0 Å². The number of amidine groups is 2. The molecule has 0 aliphatic carbocycles. The zero-order valence-electron chi connectivity index (χ0n) is 24.4. The average molecular weight is 553 g/mol. The summed E-state index contributed by atoms with van der Waals surface area (Å²) < 4.78 is 1.24. The van der Waals surface area contributed by atoms with Crippen LogP contribution >= 0.6 is 0 Å². The standard InChI is InChI=1S/C31H32N6O4/c1-28(2)29(3,4)35(39)25(34(28)38)16-14-21-18-22(15-17-26-36(40)30(5,6)31(7,8)37(26)41)20-24(19-21)27(33-32)23-12-10-9-11-13-23/h9-13,18-20H,1-8H3. The zero-order chi connectivity index (χ0) is 30.5. The summed E-state index contributed by atoms with van der Waals surface area (Å²) in [5, 5.41) is 53.1. The van der Waals surface area contributed by atoms with Gasteiger partial charge in [0, 0.05) is 33.4 Å². The van der Waals surface area contributed by atoms with Crippen LogP contribution in [-0.2, 0) is 10.4 Å². The van der Waals surface area contributed by atoms with E-state index in [4.69, 9.17) is 0 Å². The van der Waals surface area contributed by atoms with Gasteiger partial charge in [0.25, 0.3) is 0 Å². The summed E-state index contributed by atoms with van der Waals surface area (Å²) in [7, 11) is 0. The minimum Gasteiger partial charge on any atom is -0.714 e. The first-order valence-corrected chi connectivity index (χ1v) is 13.1. The van der Waals surface area contributed by atoms with Gasteiger partial charge in [-0.15, -0.1) is 0 Å². The Morgan fingerprint density at radius 3 is 1.46 bits per heavy atom. The molecule has 2 aliphatic rings. The molecule has 0 unspecified atom stereocenters. The van der Waals surface area contributed by atoms with Gasteiger partial charge in [-0.25, -0.2) is 9.48 Å². The molecule has 0 aromatic heterocycles. The molecular formula is C31H32N6O4. The minimum atomic E-state index is -1.02. The predicted octanol–water partition coefficient (Wildman–Crippen LogP) is 3.71. The van der Waals surface area contributed by atoms with Crippen molar-refractivity contribution >= 4 is 17.4 Å². The molecule has 0 atom stereocenters. The van der Waals surface area contributed by atoms with Crippen molar-refractivity contribution in [3.8, 4) is 23.7 Å². The van der Waals surface area contributed by atoms with Gasteiger partial charge in [-0.05, 0) is 85.7 Å². The molecule has 0 N–H and O–H groups in total. The highest BCUT2D eigenvalue weighted by Gasteiger charge is 2.60. The SMILES string of the molecule is CC1(C)N([O])C(C#Cc2cc(C#CC3=[N+]([O-])C(C)(C)C(C)(C)N3[O])cc(C(=[N+]=[N-])c3ccccc3)c2)=[N+]([O-])C1(C)C. The largest absolute Gasteiger partial charge is 0.714 e. The average Bonchev–Trinajstić information content (AvgIpc) is 3.11. The smallest absolute Gasteiger partial charge is 0.363 e. The van der Waals surface area contributed by atoms with E-state index in [2.05, 4.69) is 28.5 Å². The summed E-state index contributed by atoms with van der Waals surface area (Å²) in [6, 6.07) is 13.8. The number of hydrogen-bond acceptors (Lipinski definition) is 4. The number of rotatable bonds is 2. The third kappa shape index (κ3) is 4.53. The molecule has 0 spiro atoms.